The molecule has 1 atom stereocenters. The van der Waals surface area contributed by atoms with Crippen molar-refractivity contribution in [3.8, 4) is 0 Å². The summed E-state index contributed by atoms with van der Waals surface area (Å²) in [6.07, 6.45) is 0.753. The summed E-state index contributed by atoms with van der Waals surface area (Å²) in [7, 11) is 0. The van der Waals surface area contributed by atoms with Crippen molar-refractivity contribution < 1.29 is 14.3 Å². The summed E-state index contributed by atoms with van der Waals surface area (Å²) < 4.78 is 5.51. The number of halogens is 1. The minimum Gasteiger partial charge on any atom is -0.451 e. The fraction of sp³-hybridized carbons (Fsp3) is 0.294. The van der Waals surface area contributed by atoms with Crippen LogP contribution in [-0.2, 0) is 9.53 Å². The Kier molecular flexibility index (Phi) is 6.19. The Morgan fingerprint density at radius 3 is 2.48 bits per heavy atom. The maximum atomic E-state index is 12.0. The molecule has 1 aromatic carbocycles. The van der Waals surface area contributed by atoms with Gasteiger partial charge in [-0.25, -0.2) is 4.79 Å². The molecule has 0 aliphatic heterocycles. The molecule has 1 N–H and O–H groups in total. The largest absolute Gasteiger partial charge is 0.451 e. The molecule has 1 amide bonds. The second-order valence-corrected chi connectivity index (χ2v) is 6.83. The molecule has 0 unspecified atom stereocenters. The van der Waals surface area contributed by atoms with Gasteiger partial charge >= 0.3 is 5.97 Å². The van der Waals surface area contributed by atoms with Crippen molar-refractivity contribution in [2.24, 2.45) is 0 Å². The van der Waals surface area contributed by atoms with Gasteiger partial charge in [-0.2, -0.15) is 0 Å². The van der Waals surface area contributed by atoms with Crippen molar-refractivity contribution in [3.05, 3.63) is 56.7 Å². The third kappa shape index (κ3) is 5.08. The van der Waals surface area contributed by atoms with Gasteiger partial charge in [-0.15, -0.1) is 11.3 Å². The second kappa shape index (κ2) is 8.13. The normalized spacial score (nSPS) is 11.8. The molecule has 0 fully saturated rings. The van der Waals surface area contributed by atoms with Gasteiger partial charge in [-0.05, 0) is 31.0 Å². The number of benzene rings is 1. The topological polar surface area (TPSA) is 55.4 Å². The highest BCUT2D eigenvalue weighted by molar-refractivity contribution is 7.17. The summed E-state index contributed by atoms with van der Waals surface area (Å²) in [4.78, 5) is 24.1. The Labute approximate surface area is 144 Å². The molecule has 1 aromatic heterocycles. The number of ether oxygens (including phenoxy) is 1. The van der Waals surface area contributed by atoms with Gasteiger partial charge in [0.1, 0.15) is 4.88 Å². The number of rotatable bonds is 6. The fourth-order valence-electron chi connectivity index (χ4n) is 2.08. The van der Waals surface area contributed by atoms with E-state index in [0.717, 1.165) is 23.3 Å². The maximum Gasteiger partial charge on any atom is 0.348 e. The van der Waals surface area contributed by atoms with Gasteiger partial charge < -0.3 is 10.1 Å². The van der Waals surface area contributed by atoms with Crippen molar-refractivity contribution >= 4 is 34.8 Å². The summed E-state index contributed by atoms with van der Waals surface area (Å²) >= 11 is 6.89. The van der Waals surface area contributed by atoms with Gasteiger partial charge in [0.2, 0.25) is 0 Å². The van der Waals surface area contributed by atoms with Crippen molar-refractivity contribution in [3.63, 3.8) is 0 Å². The Bertz CT molecular complexity index is 681. The standard InChI is InChI=1S/C17H18ClNO3S/c1-3-13(12-6-4-11(2)5-7-12)19-16(20)10-22-17(21)14-8-9-15(18)23-14/h4-9,13H,3,10H2,1-2H3,(H,19,20)/t13-/m1/s1. The van der Waals surface area contributed by atoms with Gasteiger partial charge in [-0.1, -0.05) is 48.4 Å². The number of nitrogens with one attached hydrogen (secondary N) is 1. The zero-order chi connectivity index (χ0) is 16.8. The van der Waals surface area contributed by atoms with E-state index in [1.165, 1.54) is 5.56 Å². The first-order chi connectivity index (χ1) is 11.0. The van der Waals surface area contributed by atoms with E-state index in [-0.39, 0.29) is 18.6 Å². The number of carbonyl (C=O) groups is 2. The van der Waals surface area contributed by atoms with Gasteiger partial charge in [0, 0.05) is 0 Å². The molecule has 4 nitrogen and oxygen atoms in total. The monoisotopic (exact) mass is 351 g/mol. The van der Waals surface area contributed by atoms with E-state index >= 15 is 0 Å². The predicted octanol–water partition coefficient (Wildman–Crippen LogP) is 4.13. The first-order valence-electron chi connectivity index (χ1n) is 7.28. The number of carbonyl (C=O) groups excluding carboxylic acids is 2. The molecule has 0 bridgehead atoms. The van der Waals surface area contributed by atoms with Crippen LogP contribution in [0.2, 0.25) is 4.34 Å². The Morgan fingerprint density at radius 2 is 1.91 bits per heavy atom. The summed E-state index contributed by atoms with van der Waals surface area (Å²) in [6, 6.07) is 11.1. The van der Waals surface area contributed by atoms with Crippen molar-refractivity contribution in [1.29, 1.82) is 0 Å². The van der Waals surface area contributed by atoms with Crippen LogP contribution in [0.15, 0.2) is 36.4 Å². The van der Waals surface area contributed by atoms with E-state index in [4.69, 9.17) is 16.3 Å². The van der Waals surface area contributed by atoms with E-state index in [1.807, 2.05) is 38.1 Å². The van der Waals surface area contributed by atoms with E-state index in [2.05, 4.69) is 5.32 Å². The molecule has 0 aliphatic carbocycles. The van der Waals surface area contributed by atoms with Crippen LogP contribution in [0.1, 0.15) is 40.2 Å². The van der Waals surface area contributed by atoms with E-state index in [0.29, 0.717) is 9.21 Å². The molecule has 0 radical (unpaired) electrons. The summed E-state index contributed by atoms with van der Waals surface area (Å²) in [5.41, 5.74) is 2.20. The number of amides is 1. The average molecular weight is 352 g/mol. The molecule has 2 rings (SSSR count). The van der Waals surface area contributed by atoms with Gasteiger partial charge in [0.15, 0.2) is 6.61 Å². The SMILES string of the molecule is CC[C@@H](NC(=O)COC(=O)c1ccc(Cl)s1)c1ccc(C)cc1. The first-order valence-corrected chi connectivity index (χ1v) is 8.47. The van der Waals surface area contributed by atoms with Crippen molar-refractivity contribution in [2.75, 3.05) is 6.61 Å². The highest BCUT2D eigenvalue weighted by Crippen LogP contribution is 2.22. The zero-order valence-electron chi connectivity index (χ0n) is 13.0. The third-order valence-corrected chi connectivity index (χ3v) is 4.54. The molecular formula is C17H18ClNO3S. The van der Waals surface area contributed by atoms with Crippen LogP contribution in [0.3, 0.4) is 0 Å². The molecule has 1 heterocycles. The molecule has 0 saturated heterocycles. The predicted molar refractivity (Wildman–Crippen MR) is 92.0 cm³/mol. The number of hydrogen-bond donors (Lipinski definition) is 1. The summed E-state index contributed by atoms with van der Waals surface area (Å²) in [5, 5.41) is 2.88. The molecular weight excluding hydrogens is 334 g/mol. The maximum absolute atomic E-state index is 12.0. The Balaban J connectivity index is 1.87. The summed E-state index contributed by atoms with van der Waals surface area (Å²) in [6.45, 7) is 3.70. The Morgan fingerprint density at radius 1 is 1.22 bits per heavy atom. The van der Waals surface area contributed by atoms with Crippen LogP contribution in [0, 0.1) is 6.92 Å². The molecule has 23 heavy (non-hydrogen) atoms. The number of esters is 1. The number of aryl methyl sites for hydroxylation is 1. The smallest absolute Gasteiger partial charge is 0.348 e. The van der Waals surface area contributed by atoms with Gasteiger partial charge in [-0.3, -0.25) is 4.79 Å². The van der Waals surface area contributed by atoms with Crippen molar-refractivity contribution in [2.45, 2.75) is 26.3 Å². The van der Waals surface area contributed by atoms with E-state index in [9.17, 15) is 9.59 Å². The molecule has 6 heteroatoms. The highest BCUT2D eigenvalue weighted by atomic mass is 35.5. The van der Waals surface area contributed by atoms with Crippen LogP contribution in [-0.4, -0.2) is 18.5 Å². The van der Waals surface area contributed by atoms with Crippen LogP contribution in [0.5, 0.6) is 0 Å². The highest BCUT2D eigenvalue weighted by Gasteiger charge is 2.16. The van der Waals surface area contributed by atoms with Crippen LogP contribution in [0.25, 0.3) is 0 Å². The molecule has 122 valence electrons. The van der Waals surface area contributed by atoms with E-state index < -0.39 is 5.97 Å². The van der Waals surface area contributed by atoms with Crippen LogP contribution >= 0.6 is 22.9 Å². The zero-order valence-corrected chi connectivity index (χ0v) is 14.5. The lowest BCUT2D eigenvalue weighted by atomic mass is 10.0. The molecule has 0 spiro atoms. The van der Waals surface area contributed by atoms with Crippen LogP contribution in [0.4, 0.5) is 0 Å². The fourth-order valence-corrected chi connectivity index (χ4v) is 3.02. The average Bonchev–Trinajstić information content (AvgIpc) is 2.98. The minimum absolute atomic E-state index is 0.0991. The van der Waals surface area contributed by atoms with Crippen LogP contribution < -0.4 is 5.32 Å². The molecule has 0 saturated carbocycles. The quantitative estimate of drug-likeness (QED) is 0.796. The van der Waals surface area contributed by atoms with Gasteiger partial charge in [0.05, 0.1) is 10.4 Å². The second-order valence-electron chi connectivity index (χ2n) is 5.12. The lowest BCUT2D eigenvalue weighted by molar-refractivity contribution is -0.125. The molecule has 0 aliphatic rings. The minimum atomic E-state index is -0.541. The van der Waals surface area contributed by atoms with Crippen molar-refractivity contribution in [1.82, 2.24) is 5.32 Å². The lowest BCUT2D eigenvalue weighted by Crippen LogP contribution is -2.32. The third-order valence-electron chi connectivity index (χ3n) is 3.33. The first kappa shape index (κ1) is 17.5. The lowest BCUT2D eigenvalue weighted by Gasteiger charge is -2.17. The number of hydrogen-bond acceptors (Lipinski definition) is 4. The Hall–Kier alpha value is -1.85. The number of thiophene rings is 1. The molecule has 2 aromatic rings. The van der Waals surface area contributed by atoms with E-state index in [1.54, 1.807) is 12.1 Å². The van der Waals surface area contributed by atoms with Gasteiger partial charge in [0.25, 0.3) is 5.91 Å². The summed E-state index contributed by atoms with van der Waals surface area (Å²) in [5.74, 6) is -0.867.